The van der Waals surface area contributed by atoms with E-state index in [1.54, 1.807) is 16.1 Å². The largest absolute Gasteiger partial charge is 0.287 e. The van der Waals surface area contributed by atoms with Gasteiger partial charge in [0.1, 0.15) is 10.3 Å². The second-order valence-electron chi connectivity index (χ2n) is 4.93. The highest BCUT2D eigenvalue weighted by Gasteiger charge is 2.14. The Morgan fingerprint density at radius 2 is 2.21 bits per heavy atom. The third-order valence-electron chi connectivity index (χ3n) is 2.29. The van der Waals surface area contributed by atoms with E-state index in [9.17, 15) is 4.79 Å². The van der Waals surface area contributed by atoms with Gasteiger partial charge in [-0.25, -0.2) is 9.67 Å². The van der Waals surface area contributed by atoms with E-state index < -0.39 is 0 Å². The summed E-state index contributed by atoms with van der Waals surface area (Å²) in [5.41, 5.74) is 0.530. The van der Waals surface area contributed by atoms with Crippen LogP contribution < -0.4 is 0 Å². The van der Waals surface area contributed by atoms with Crippen LogP contribution in [0.3, 0.4) is 0 Å². The van der Waals surface area contributed by atoms with Crippen molar-refractivity contribution < 1.29 is 4.79 Å². The van der Waals surface area contributed by atoms with Crippen molar-refractivity contribution in [3.8, 4) is 0 Å². The number of halogens is 1. The summed E-state index contributed by atoms with van der Waals surface area (Å²) in [5.74, 6) is -0.138. The van der Waals surface area contributed by atoms with E-state index in [0.29, 0.717) is 15.3 Å². The Kier molecular flexibility index (Phi) is 3.96. The van der Waals surface area contributed by atoms with E-state index in [1.807, 2.05) is 27.0 Å². The predicted molar refractivity (Wildman–Crippen MR) is 78.2 cm³/mol. The second-order valence-corrected chi connectivity index (χ2v) is 6.60. The Bertz CT molecular complexity index is 624. The Morgan fingerprint density at radius 3 is 2.74 bits per heavy atom. The van der Waals surface area contributed by atoms with Crippen LogP contribution in [-0.2, 0) is 5.54 Å². The molecule has 0 radical (unpaired) electrons. The fourth-order valence-electron chi connectivity index (χ4n) is 1.28. The van der Waals surface area contributed by atoms with Crippen molar-refractivity contribution >= 4 is 39.1 Å². The molecule has 19 heavy (non-hydrogen) atoms. The molecule has 0 atom stereocenters. The third-order valence-corrected chi connectivity index (χ3v) is 3.86. The number of hydrogen-bond donors (Lipinski definition) is 0. The van der Waals surface area contributed by atoms with Gasteiger partial charge < -0.3 is 0 Å². The fraction of sp³-hybridized carbons (Fsp3) is 0.333. The number of aromatic nitrogens is 4. The summed E-state index contributed by atoms with van der Waals surface area (Å²) in [6.45, 7) is 6.11. The maximum absolute atomic E-state index is 11.8. The van der Waals surface area contributed by atoms with Gasteiger partial charge in [0.05, 0.1) is 11.7 Å². The first-order chi connectivity index (χ1) is 8.86. The van der Waals surface area contributed by atoms with Crippen LogP contribution in [0.25, 0.3) is 6.08 Å². The van der Waals surface area contributed by atoms with Crippen LogP contribution in [0.5, 0.6) is 0 Å². The van der Waals surface area contributed by atoms with E-state index >= 15 is 0 Å². The molecule has 5 nitrogen and oxygen atoms in total. The summed E-state index contributed by atoms with van der Waals surface area (Å²) < 4.78 is 2.44. The zero-order chi connectivity index (χ0) is 14.0. The molecule has 0 saturated carbocycles. The third kappa shape index (κ3) is 3.57. The lowest BCUT2D eigenvalue weighted by molar-refractivity contribution is 0.104. The molecule has 2 aromatic rings. The molecule has 0 aliphatic carbocycles. The van der Waals surface area contributed by atoms with E-state index in [-0.39, 0.29) is 11.3 Å². The summed E-state index contributed by atoms with van der Waals surface area (Å²) in [6, 6.07) is 0. The first kappa shape index (κ1) is 14.1. The molecule has 0 aliphatic heterocycles. The quantitative estimate of drug-likeness (QED) is 0.636. The second kappa shape index (κ2) is 5.34. The van der Waals surface area contributed by atoms with Gasteiger partial charge in [0, 0.05) is 5.38 Å². The summed E-state index contributed by atoms with van der Waals surface area (Å²) in [5, 5.41) is 10.3. The van der Waals surface area contributed by atoms with Crippen LogP contribution in [-0.4, -0.2) is 25.8 Å². The number of hydrogen-bond acceptors (Lipinski definition) is 5. The highest BCUT2D eigenvalue weighted by molar-refractivity contribution is 9.10. The first-order valence-corrected chi connectivity index (χ1v) is 7.30. The van der Waals surface area contributed by atoms with E-state index in [4.69, 9.17) is 0 Å². The SMILES string of the molecule is CC(C)(C)n1cc(/C=C/C(=O)c2nc(Br)cs2)nn1. The highest BCUT2D eigenvalue weighted by atomic mass is 79.9. The zero-order valence-electron chi connectivity index (χ0n) is 10.8. The van der Waals surface area contributed by atoms with Crippen molar-refractivity contribution in [2.24, 2.45) is 0 Å². The lowest BCUT2D eigenvalue weighted by Crippen LogP contribution is -2.22. The van der Waals surface area contributed by atoms with Crippen LogP contribution in [0.2, 0.25) is 0 Å². The van der Waals surface area contributed by atoms with E-state index in [2.05, 4.69) is 31.2 Å². The number of carbonyl (C=O) groups is 1. The topological polar surface area (TPSA) is 60.7 Å². The summed E-state index contributed by atoms with van der Waals surface area (Å²) in [6.07, 6.45) is 4.91. The average Bonchev–Trinajstić information content (AvgIpc) is 2.93. The number of allylic oxidation sites excluding steroid dienone is 1. The van der Waals surface area contributed by atoms with Gasteiger partial charge in [-0.15, -0.1) is 16.4 Å². The maximum Gasteiger partial charge on any atom is 0.214 e. The average molecular weight is 341 g/mol. The molecule has 0 bridgehead atoms. The van der Waals surface area contributed by atoms with Crippen LogP contribution in [0.1, 0.15) is 36.3 Å². The molecule has 0 spiro atoms. The van der Waals surface area contributed by atoms with Gasteiger partial charge in [-0.05, 0) is 48.9 Å². The first-order valence-electron chi connectivity index (χ1n) is 5.62. The van der Waals surface area contributed by atoms with Crippen molar-refractivity contribution in [1.29, 1.82) is 0 Å². The normalized spacial score (nSPS) is 12.2. The summed E-state index contributed by atoms with van der Waals surface area (Å²) >= 11 is 4.52. The number of nitrogens with zero attached hydrogens (tertiary/aromatic N) is 4. The van der Waals surface area contributed by atoms with Gasteiger partial charge in [-0.3, -0.25) is 4.79 Å². The van der Waals surface area contributed by atoms with Crippen molar-refractivity contribution in [3.63, 3.8) is 0 Å². The number of rotatable bonds is 3. The standard InChI is InChI=1S/C12H13BrN4OS/c1-12(2,3)17-6-8(15-16-17)4-5-9(18)11-14-10(13)7-19-11/h4-7H,1-3H3/b5-4+. The van der Waals surface area contributed by atoms with Crippen molar-refractivity contribution in [2.75, 3.05) is 0 Å². The van der Waals surface area contributed by atoms with Gasteiger partial charge in [-0.2, -0.15) is 0 Å². The molecular weight excluding hydrogens is 328 g/mol. The molecule has 0 saturated heterocycles. The van der Waals surface area contributed by atoms with Crippen LogP contribution in [0, 0.1) is 0 Å². The lowest BCUT2D eigenvalue weighted by atomic mass is 10.1. The van der Waals surface area contributed by atoms with E-state index in [1.165, 1.54) is 17.4 Å². The van der Waals surface area contributed by atoms with E-state index in [0.717, 1.165) is 0 Å². The zero-order valence-corrected chi connectivity index (χ0v) is 13.2. The summed E-state index contributed by atoms with van der Waals surface area (Å²) in [4.78, 5) is 15.9. The smallest absolute Gasteiger partial charge is 0.214 e. The van der Waals surface area contributed by atoms with Crippen molar-refractivity contribution in [1.82, 2.24) is 20.0 Å². The minimum Gasteiger partial charge on any atom is -0.287 e. The van der Waals surface area contributed by atoms with Gasteiger partial charge in [0.2, 0.25) is 5.78 Å². The Hall–Kier alpha value is -1.34. The molecule has 2 heterocycles. The number of carbonyl (C=O) groups excluding carboxylic acids is 1. The molecule has 2 aromatic heterocycles. The molecule has 0 aliphatic rings. The molecule has 0 amide bonds. The van der Waals surface area contributed by atoms with Crippen molar-refractivity contribution in [3.05, 3.63) is 33.0 Å². The minimum atomic E-state index is -0.138. The molecule has 0 aromatic carbocycles. The molecule has 0 N–H and O–H groups in total. The Labute approximate surface area is 123 Å². The monoisotopic (exact) mass is 340 g/mol. The molecule has 0 unspecified atom stereocenters. The number of ketones is 1. The molecule has 100 valence electrons. The van der Waals surface area contributed by atoms with Gasteiger partial charge in [0.25, 0.3) is 0 Å². The molecular formula is C12H13BrN4OS. The van der Waals surface area contributed by atoms with Crippen molar-refractivity contribution in [2.45, 2.75) is 26.3 Å². The minimum absolute atomic E-state index is 0.122. The van der Waals surface area contributed by atoms with Gasteiger partial charge in [-0.1, -0.05) is 5.21 Å². The van der Waals surface area contributed by atoms with Gasteiger partial charge in [0.15, 0.2) is 5.01 Å². The van der Waals surface area contributed by atoms with Crippen LogP contribution in [0.4, 0.5) is 0 Å². The molecule has 2 rings (SSSR count). The summed E-state index contributed by atoms with van der Waals surface area (Å²) in [7, 11) is 0. The van der Waals surface area contributed by atoms with Crippen LogP contribution >= 0.6 is 27.3 Å². The molecule has 7 heteroatoms. The molecule has 0 fully saturated rings. The van der Waals surface area contributed by atoms with Crippen LogP contribution in [0.15, 0.2) is 22.3 Å². The number of thiazole rings is 1. The Morgan fingerprint density at radius 1 is 1.47 bits per heavy atom. The maximum atomic E-state index is 11.8. The predicted octanol–water partition coefficient (Wildman–Crippen LogP) is 3.15. The Balaban J connectivity index is 2.11. The van der Waals surface area contributed by atoms with Gasteiger partial charge >= 0.3 is 0 Å². The highest BCUT2D eigenvalue weighted by Crippen LogP contribution is 2.16. The fourth-order valence-corrected chi connectivity index (χ4v) is 2.45. The lowest BCUT2D eigenvalue weighted by Gasteiger charge is -2.17.